The Hall–Kier alpha value is -2.75. The van der Waals surface area contributed by atoms with Gasteiger partial charge in [-0.25, -0.2) is 4.39 Å². The van der Waals surface area contributed by atoms with Crippen molar-refractivity contribution in [3.8, 4) is 28.0 Å². The molecule has 1 heterocycles. The van der Waals surface area contributed by atoms with Crippen molar-refractivity contribution in [1.29, 1.82) is 0 Å². The van der Waals surface area contributed by atoms with Gasteiger partial charge in [-0.3, -0.25) is 0 Å². The zero-order chi connectivity index (χ0) is 24.1. The van der Waals surface area contributed by atoms with Crippen LogP contribution in [0, 0.1) is 5.82 Å². The molecule has 0 saturated carbocycles. The van der Waals surface area contributed by atoms with Gasteiger partial charge in [-0.1, -0.05) is 94.5 Å². The first kappa shape index (κ1) is 24.4. The molecular weight excluding hydrogens is 433 g/mol. The van der Waals surface area contributed by atoms with E-state index in [1.165, 1.54) is 37.3 Å². The van der Waals surface area contributed by atoms with Crippen molar-refractivity contribution in [2.75, 3.05) is 0 Å². The summed E-state index contributed by atoms with van der Waals surface area (Å²) in [5.74, 6) is -1.02. The van der Waals surface area contributed by atoms with Gasteiger partial charge >= 0.3 is 6.11 Å². The van der Waals surface area contributed by atoms with E-state index in [1.54, 1.807) is 18.2 Å². The summed E-state index contributed by atoms with van der Waals surface area (Å²) in [5, 5.41) is 0. The molecule has 0 aromatic heterocycles. The number of unbranched alkanes of at least 4 members (excludes halogenated alkanes) is 5. The lowest BCUT2D eigenvalue weighted by Gasteiger charge is -2.29. The highest BCUT2D eigenvalue weighted by molar-refractivity contribution is 5.80. The molecule has 0 bridgehead atoms. The highest BCUT2D eigenvalue weighted by Crippen LogP contribution is 2.49. The first-order chi connectivity index (χ1) is 16.4. The molecule has 0 unspecified atom stereocenters. The van der Waals surface area contributed by atoms with Crippen LogP contribution in [0.2, 0.25) is 0 Å². The van der Waals surface area contributed by atoms with Gasteiger partial charge in [0.15, 0.2) is 11.6 Å². The van der Waals surface area contributed by atoms with Crippen LogP contribution in [0.1, 0.15) is 75.5 Å². The van der Waals surface area contributed by atoms with Gasteiger partial charge in [-0.15, -0.1) is 0 Å². The van der Waals surface area contributed by atoms with Crippen LogP contribution in [0.15, 0.2) is 54.6 Å². The van der Waals surface area contributed by atoms with Gasteiger partial charge in [-0.2, -0.15) is 8.78 Å². The molecule has 0 N–H and O–H groups in total. The molecular formula is C30H33F3O. The number of ether oxygens (including phenoxy) is 1. The lowest BCUT2D eigenvalue weighted by atomic mass is 9.90. The molecule has 180 valence electrons. The van der Waals surface area contributed by atoms with E-state index < -0.39 is 11.9 Å². The number of alkyl halides is 2. The van der Waals surface area contributed by atoms with Crippen molar-refractivity contribution in [2.45, 2.75) is 77.7 Å². The highest BCUT2D eigenvalue weighted by atomic mass is 19.3. The van der Waals surface area contributed by atoms with E-state index in [4.69, 9.17) is 4.74 Å². The molecule has 0 radical (unpaired) electrons. The number of hydrogen-bond acceptors (Lipinski definition) is 1. The van der Waals surface area contributed by atoms with E-state index in [0.29, 0.717) is 28.7 Å². The van der Waals surface area contributed by atoms with E-state index in [1.807, 2.05) is 25.1 Å². The zero-order valence-electron chi connectivity index (χ0n) is 20.1. The van der Waals surface area contributed by atoms with Crippen molar-refractivity contribution in [2.24, 2.45) is 0 Å². The monoisotopic (exact) mass is 466 g/mol. The van der Waals surface area contributed by atoms with Gasteiger partial charge in [0, 0.05) is 5.56 Å². The lowest BCUT2D eigenvalue weighted by molar-refractivity contribution is -0.188. The predicted octanol–water partition coefficient (Wildman–Crippen LogP) is 9.46. The second-order valence-electron chi connectivity index (χ2n) is 9.26. The second-order valence-corrected chi connectivity index (χ2v) is 9.26. The fourth-order valence-electron chi connectivity index (χ4n) is 4.65. The molecule has 4 rings (SSSR count). The van der Waals surface area contributed by atoms with Crippen LogP contribution in [-0.4, -0.2) is 0 Å². The molecule has 34 heavy (non-hydrogen) atoms. The first-order valence-corrected chi connectivity index (χ1v) is 12.6. The molecule has 0 atom stereocenters. The first-order valence-electron chi connectivity index (χ1n) is 12.6. The maximum absolute atomic E-state index is 15.0. The minimum Gasteiger partial charge on any atom is -0.425 e. The maximum atomic E-state index is 15.0. The summed E-state index contributed by atoms with van der Waals surface area (Å²) in [4.78, 5) is 0. The molecule has 1 aliphatic heterocycles. The summed E-state index contributed by atoms with van der Waals surface area (Å²) in [6.07, 6.45) is 5.82. The maximum Gasteiger partial charge on any atom is 0.427 e. The lowest BCUT2D eigenvalue weighted by Crippen LogP contribution is -2.27. The minimum absolute atomic E-state index is 0.224. The Morgan fingerprint density at radius 1 is 0.706 bits per heavy atom. The number of halogens is 3. The second kappa shape index (κ2) is 10.7. The quantitative estimate of drug-likeness (QED) is 0.270. The SMILES string of the molecule is CCCCCCCc1ccc(-c2ccc3c(c2)C(F)(F)Oc2c-3ccc(CCCC)c2F)cc1. The Morgan fingerprint density at radius 2 is 1.38 bits per heavy atom. The van der Waals surface area contributed by atoms with Crippen LogP contribution in [0.25, 0.3) is 22.3 Å². The van der Waals surface area contributed by atoms with Gasteiger partial charge in [-0.05, 0) is 59.6 Å². The van der Waals surface area contributed by atoms with Gasteiger partial charge in [0.2, 0.25) is 0 Å². The van der Waals surface area contributed by atoms with Crippen LogP contribution < -0.4 is 4.74 Å². The molecule has 0 saturated heterocycles. The van der Waals surface area contributed by atoms with Gasteiger partial charge in [0.05, 0.1) is 5.56 Å². The number of benzene rings is 3. The van der Waals surface area contributed by atoms with Crippen molar-refractivity contribution in [3.63, 3.8) is 0 Å². The molecule has 0 aliphatic carbocycles. The highest BCUT2D eigenvalue weighted by Gasteiger charge is 2.43. The number of rotatable bonds is 10. The average molecular weight is 467 g/mol. The van der Waals surface area contributed by atoms with Crippen molar-refractivity contribution >= 4 is 0 Å². The largest absolute Gasteiger partial charge is 0.427 e. The number of fused-ring (bicyclic) bond motifs is 3. The van der Waals surface area contributed by atoms with Crippen LogP contribution in [0.3, 0.4) is 0 Å². The topological polar surface area (TPSA) is 9.23 Å². The Bertz CT molecular complexity index is 1120. The van der Waals surface area contributed by atoms with Gasteiger partial charge in [0.25, 0.3) is 0 Å². The number of aryl methyl sites for hydroxylation is 2. The molecule has 3 aromatic rings. The van der Waals surface area contributed by atoms with Crippen LogP contribution in [0.5, 0.6) is 5.75 Å². The summed E-state index contributed by atoms with van der Waals surface area (Å²) in [5.41, 5.74) is 3.72. The summed E-state index contributed by atoms with van der Waals surface area (Å²) in [7, 11) is 0. The standard InChI is InChI=1S/C30H33F3O/c1-3-5-7-8-9-10-21-12-14-22(15-13-21)24-17-18-25-26-19-16-23(11-6-4-2)28(31)29(26)34-30(32,33)27(25)20-24/h12-20H,3-11H2,1-2H3. The predicted molar refractivity (Wildman–Crippen MR) is 133 cm³/mol. The van der Waals surface area contributed by atoms with Crippen LogP contribution >= 0.6 is 0 Å². The normalized spacial score (nSPS) is 13.8. The van der Waals surface area contributed by atoms with Crippen molar-refractivity contribution < 1.29 is 17.9 Å². The Kier molecular flexibility index (Phi) is 7.65. The fourth-order valence-corrected chi connectivity index (χ4v) is 4.65. The van der Waals surface area contributed by atoms with Crippen LogP contribution in [0.4, 0.5) is 13.2 Å². The van der Waals surface area contributed by atoms with E-state index in [9.17, 15) is 4.39 Å². The summed E-state index contributed by atoms with van der Waals surface area (Å²) in [6.45, 7) is 4.22. The molecule has 0 amide bonds. The van der Waals surface area contributed by atoms with E-state index in [-0.39, 0.29) is 11.3 Å². The third-order valence-electron chi connectivity index (χ3n) is 6.69. The molecule has 0 fully saturated rings. The molecule has 3 aromatic carbocycles. The zero-order valence-corrected chi connectivity index (χ0v) is 20.1. The summed E-state index contributed by atoms with van der Waals surface area (Å²) < 4.78 is 50.0. The van der Waals surface area contributed by atoms with E-state index in [0.717, 1.165) is 31.2 Å². The van der Waals surface area contributed by atoms with Crippen LogP contribution in [-0.2, 0) is 19.0 Å². The Morgan fingerprint density at radius 3 is 2.12 bits per heavy atom. The van der Waals surface area contributed by atoms with Gasteiger partial charge in [0.1, 0.15) is 0 Å². The molecule has 4 heteroatoms. The Labute approximate surface area is 201 Å². The fraction of sp³-hybridized carbons (Fsp3) is 0.400. The van der Waals surface area contributed by atoms with Crippen molar-refractivity contribution in [3.05, 3.63) is 77.1 Å². The molecule has 1 nitrogen and oxygen atoms in total. The summed E-state index contributed by atoms with van der Waals surface area (Å²) in [6, 6.07) is 16.5. The Balaban J connectivity index is 1.58. The third kappa shape index (κ3) is 5.16. The van der Waals surface area contributed by atoms with Crippen molar-refractivity contribution in [1.82, 2.24) is 0 Å². The van der Waals surface area contributed by atoms with E-state index >= 15 is 8.78 Å². The third-order valence-corrected chi connectivity index (χ3v) is 6.69. The number of hydrogen-bond donors (Lipinski definition) is 0. The average Bonchev–Trinajstić information content (AvgIpc) is 2.84. The molecule has 1 aliphatic rings. The minimum atomic E-state index is -3.60. The molecule has 0 spiro atoms. The summed E-state index contributed by atoms with van der Waals surface area (Å²) >= 11 is 0. The van der Waals surface area contributed by atoms with Gasteiger partial charge < -0.3 is 4.74 Å². The van der Waals surface area contributed by atoms with E-state index in [2.05, 4.69) is 19.1 Å². The smallest absolute Gasteiger partial charge is 0.425 e.